The van der Waals surface area contributed by atoms with Crippen molar-refractivity contribution in [3.05, 3.63) is 52.8 Å². The van der Waals surface area contributed by atoms with Gasteiger partial charge in [-0.1, -0.05) is 6.07 Å². The maximum atomic E-state index is 12.0. The first-order valence-corrected chi connectivity index (χ1v) is 6.33. The maximum Gasteiger partial charge on any atom is 0.409 e. The Labute approximate surface area is 123 Å². The van der Waals surface area contributed by atoms with E-state index in [1.807, 2.05) is 0 Å². The molecule has 102 valence electrons. The summed E-state index contributed by atoms with van der Waals surface area (Å²) < 4.78 is 5.46. The summed E-state index contributed by atoms with van der Waals surface area (Å²) in [5.41, 5.74) is 5.80. The third-order valence-corrected chi connectivity index (χ3v) is 2.71. The zero-order valence-corrected chi connectivity index (χ0v) is 11.8. The number of nitrogens with two attached hydrogens (primary N) is 1. The van der Waals surface area contributed by atoms with Gasteiger partial charge in [0, 0.05) is 16.2 Å². The minimum Gasteiger partial charge on any atom is -0.410 e. The summed E-state index contributed by atoms with van der Waals surface area (Å²) in [6.07, 6.45) is 2.20. The van der Waals surface area contributed by atoms with E-state index in [0.29, 0.717) is 11.3 Å². The summed E-state index contributed by atoms with van der Waals surface area (Å²) in [4.78, 5) is 26.6. The Bertz CT molecular complexity index is 661. The number of primary amides is 1. The summed E-state index contributed by atoms with van der Waals surface area (Å²) in [6.45, 7) is 0. The van der Waals surface area contributed by atoms with E-state index in [2.05, 4.69) is 26.2 Å². The lowest BCUT2D eigenvalue weighted by Crippen LogP contribution is -2.17. The van der Waals surface area contributed by atoms with Gasteiger partial charge in [0.15, 0.2) is 0 Å². The van der Waals surface area contributed by atoms with Crippen molar-refractivity contribution in [2.75, 3.05) is 5.32 Å². The fourth-order valence-electron chi connectivity index (χ4n) is 1.50. The molecule has 0 saturated carbocycles. The van der Waals surface area contributed by atoms with Gasteiger partial charge in [0.25, 0.3) is 5.91 Å². The molecule has 6 nitrogen and oxygen atoms in total. The lowest BCUT2D eigenvalue weighted by molar-refractivity contribution is 0.102. The van der Waals surface area contributed by atoms with Gasteiger partial charge in [-0.05, 0) is 40.2 Å². The van der Waals surface area contributed by atoms with Crippen LogP contribution in [0.1, 0.15) is 10.4 Å². The number of benzene rings is 1. The van der Waals surface area contributed by atoms with Crippen LogP contribution in [0.2, 0.25) is 0 Å². The van der Waals surface area contributed by atoms with Crippen molar-refractivity contribution in [3.8, 4) is 5.75 Å². The maximum absolute atomic E-state index is 12.0. The quantitative estimate of drug-likeness (QED) is 0.901. The summed E-state index contributed by atoms with van der Waals surface area (Å²) >= 11 is 3.26. The fraction of sp³-hybridized carbons (Fsp3) is 0. The number of hydrogen-bond donors (Lipinski definition) is 2. The Hall–Kier alpha value is -2.41. The fourth-order valence-corrected chi connectivity index (χ4v) is 1.87. The molecule has 1 aromatic heterocycles. The second-order valence-electron chi connectivity index (χ2n) is 3.79. The minimum absolute atomic E-state index is 0.206. The first-order valence-electron chi connectivity index (χ1n) is 5.54. The molecule has 0 unspecified atom stereocenters. The number of anilines is 1. The summed E-state index contributed by atoms with van der Waals surface area (Å²) in [5, 5.41) is 2.68. The molecule has 2 amide bonds. The zero-order valence-electron chi connectivity index (χ0n) is 10.2. The molecular weight excluding hydrogens is 326 g/mol. The highest BCUT2D eigenvalue weighted by molar-refractivity contribution is 9.10. The second-order valence-corrected chi connectivity index (χ2v) is 4.71. The Morgan fingerprint density at radius 3 is 2.75 bits per heavy atom. The Morgan fingerprint density at radius 1 is 1.25 bits per heavy atom. The van der Waals surface area contributed by atoms with E-state index in [0.717, 1.165) is 4.47 Å². The van der Waals surface area contributed by atoms with Gasteiger partial charge in [0.05, 0.1) is 11.9 Å². The van der Waals surface area contributed by atoms with Crippen LogP contribution >= 0.6 is 15.9 Å². The van der Waals surface area contributed by atoms with Crippen molar-refractivity contribution in [3.63, 3.8) is 0 Å². The molecule has 1 aromatic carbocycles. The number of halogens is 1. The number of carbonyl (C=O) groups is 2. The summed E-state index contributed by atoms with van der Waals surface area (Å²) in [5.74, 6) is -0.141. The third-order valence-electron chi connectivity index (χ3n) is 2.28. The summed E-state index contributed by atoms with van der Waals surface area (Å²) in [6, 6.07) is 7.85. The molecule has 20 heavy (non-hydrogen) atoms. The zero-order chi connectivity index (χ0) is 14.5. The number of hydrogen-bond acceptors (Lipinski definition) is 4. The van der Waals surface area contributed by atoms with Crippen LogP contribution in [0.3, 0.4) is 0 Å². The molecule has 0 saturated heterocycles. The number of nitrogens with one attached hydrogen (secondary N) is 1. The monoisotopic (exact) mass is 335 g/mol. The van der Waals surface area contributed by atoms with Gasteiger partial charge < -0.3 is 15.8 Å². The largest absolute Gasteiger partial charge is 0.410 e. The van der Waals surface area contributed by atoms with Gasteiger partial charge in [-0.25, -0.2) is 4.79 Å². The lowest BCUT2D eigenvalue weighted by atomic mass is 10.2. The molecule has 7 heteroatoms. The van der Waals surface area contributed by atoms with Crippen LogP contribution in [0.15, 0.2) is 47.2 Å². The molecule has 0 bridgehead atoms. The first kappa shape index (κ1) is 14.0. The number of pyridine rings is 1. The molecule has 0 aliphatic rings. The molecule has 0 radical (unpaired) electrons. The normalized spacial score (nSPS) is 9.85. The first-order chi connectivity index (χ1) is 9.54. The van der Waals surface area contributed by atoms with Crippen molar-refractivity contribution in [1.82, 2.24) is 4.98 Å². The van der Waals surface area contributed by atoms with E-state index in [4.69, 9.17) is 10.5 Å². The van der Waals surface area contributed by atoms with E-state index in [1.165, 1.54) is 18.3 Å². The Balaban J connectivity index is 2.15. The van der Waals surface area contributed by atoms with E-state index >= 15 is 0 Å². The number of aromatic nitrogens is 1. The summed E-state index contributed by atoms with van der Waals surface area (Å²) in [7, 11) is 0. The molecule has 1 heterocycles. The van der Waals surface area contributed by atoms with Crippen LogP contribution in [0.4, 0.5) is 10.5 Å². The smallest absolute Gasteiger partial charge is 0.409 e. The molecule has 0 fully saturated rings. The van der Waals surface area contributed by atoms with Crippen molar-refractivity contribution >= 4 is 33.6 Å². The van der Waals surface area contributed by atoms with Crippen molar-refractivity contribution in [1.29, 1.82) is 0 Å². The molecule has 2 aromatic rings. The van der Waals surface area contributed by atoms with Crippen molar-refractivity contribution in [2.45, 2.75) is 0 Å². The van der Waals surface area contributed by atoms with Gasteiger partial charge in [0.1, 0.15) is 5.75 Å². The highest BCUT2D eigenvalue weighted by Crippen LogP contribution is 2.17. The Morgan fingerprint density at radius 2 is 2.05 bits per heavy atom. The lowest BCUT2D eigenvalue weighted by Gasteiger charge is -2.06. The van der Waals surface area contributed by atoms with Crippen LogP contribution in [0, 0.1) is 0 Å². The van der Waals surface area contributed by atoms with Crippen molar-refractivity contribution < 1.29 is 14.3 Å². The van der Waals surface area contributed by atoms with Crippen LogP contribution in [-0.2, 0) is 0 Å². The molecule has 0 atom stereocenters. The van der Waals surface area contributed by atoms with Gasteiger partial charge in [-0.2, -0.15) is 0 Å². The van der Waals surface area contributed by atoms with E-state index < -0.39 is 6.09 Å². The Kier molecular flexibility index (Phi) is 4.31. The number of carbonyl (C=O) groups excluding carboxylic acids is 2. The van der Waals surface area contributed by atoms with Crippen LogP contribution in [-0.4, -0.2) is 17.0 Å². The van der Waals surface area contributed by atoms with Gasteiger partial charge in [0.2, 0.25) is 0 Å². The third kappa shape index (κ3) is 3.79. The number of rotatable bonds is 3. The number of nitrogens with zero attached hydrogens (tertiary/aromatic N) is 1. The van der Waals surface area contributed by atoms with Gasteiger partial charge >= 0.3 is 6.09 Å². The number of amides is 2. The van der Waals surface area contributed by atoms with Crippen molar-refractivity contribution in [2.24, 2.45) is 5.73 Å². The highest BCUT2D eigenvalue weighted by Gasteiger charge is 2.08. The van der Waals surface area contributed by atoms with Crippen LogP contribution < -0.4 is 15.8 Å². The van der Waals surface area contributed by atoms with E-state index in [1.54, 1.807) is 24.4 Å². The van der Waals surface area contributed by atoms with E-state index in [9.17, 15) is 9.59 Å². The molecular formula is C13H10BrN3O3. The van der Waals surface area contributed by atoms with Gasteiger partial charge in [-0.15, -0.1) is 0 Å². The van der Waals surface area contributed by atoms with Crippen LogP contribution in [0.25, 0.3) is 0 Å². The number of ether oxygens (including phenoxy) is 1. The molecule has 0 aliphatic carbocycles. The highest BCUT2D eigenvalue weighted by atomic mass is 79.9. The minimum atomic E-state index is -0.932. The topological polar surface area (TPSA) is 94.3 Å². The standard InChI is InChI=1S/C13H10BrN3O3/c14-9-5-10(7-16-6-9)17-12(18)8-2-1-3-11(4-8)20-13(15)19/h1-7H,(H2,15,19)(H,17,18). The second kappa shape index (κ2) is 6.16. The predicted octanol–water partition coefficient (Wildman–Crippen LogP) is 2.55. The van der Waals surface area contributed by atoms with Gasteiger partial charge in [-0.3, -0.25) is 9.78 Å². The molecule has 2 rings (SSSR count). The average Bonchev–Trinajstić information content (AvgIpc) is 2.38. The molecule has 3 N–H and O–H groups in total. The predicted molar refractivity (Wildman–Crippen MR) is 76.5 cm³/mol. The molecule has 0 spiro atoms. The SMILES string of the molecule is NC(=O)Oc1cccc(C(=O)Nc2cncc(Br)c2)c1. The van der Waals surface area contributed by atoms with Crippen LogP contribution in [0.5, 0.6) is 5.75 Å². The molecule has 0 aliphatic heterocycles. The average molecular weight is 336 g/mol. The van der Waals surface area contributed by atoms with E-state index in [-0.39, 0.29) is 11.7 Å².